The summed E-state index contributed by atoms with van der Waals surface area (Å²) in [6.07, 6.45) is 0.197. The van der Waals surface area contributed by atoms with E-state index in [2.05, 4.69) is 5.32 Å². The number of nitrogens with one attached hydrogen (secondary N) is 1. The van der Waals surface area contributed by atoms with Crippen molar-refractivity contribution in [2.75, 3.05) is 21.3 Å². The summed E-state index contributed by atoms with van der Waals surface area (Å²) in [6, 6.07) is 21.9. The number of ether oxygens (including phenoxy) is 2. The SMILES string of the molecule is COC(=O)[C@]1(Cc2ccccc2)NC(c2ccc(-c3cccc(Cl)c3)c(OC)c2)C2C(=O)N(C)C(=O)C21. The van der Waals surface area contributed by atoms with E-state index in [9.17, 15) is 14.4 Å². The summed E-state index contributed by atoms with van der Waals surface area (Å²) in [5.74, 6) is -2.41. The van der Waals surface area contributed by atoms with Gasteiger partial charge in [0.2, 0.25) is 11.8 Å². The number of fused-ring (bicyclic) bond motifs is 1. The van der Waals surface area contributed by atoms with Crippen molar-refractivity contribution in [3.63, 3.8) is 0 Å². The molecule has 3 unspecified atom stereocenters. The lowest BCUT2D eigenvalue weighted by atomic mass is 9.76. The molecular formula is C29H27ClN2O5. The Balaban J connectivity index is 1.62. The van der Waals surface area contributed by atoms with Crippen molar-refractivity contribution < 1.29 is 23.9 Å². The number of hydrogen-bond acceptors (Lipinski definition) is 6. The van der Waals surface area contributed by atoms with Crippen molar-refractivity contribution in [1.29, 1.82) is 0 Å². The molecule has 0 aromatic heterocycles. The largest absolute Gasteiger partial charge is 0.496 e. The van der Waals surface area contributed by atoms with Crippen molar-refractivity contribution in [3.05, 3.63) is 88.9 Å². The van der Waals surface area contributed by atoms with Crippen molar-refractivity contribution >= 4 is 29.4 Å². The van der Waals surface area contributed by atoms with Gasteiger partial charge >= 0.3 is 5.97 Å². The first-order chi connectivity index (χ1) is 17.8. The summed E-state index contributed by atoms with van der Waals surface area (Å²) >= 11 is 6.20. The molecule has 8 heteroatoms. The van der Waals surface area contributed by atoms with Gasteiger partial charge in [-0.05, 0) is 34.9 Å². The van der Waals surface area contributed by atoms with Crippen LogP contribution < -0.4 is 10.1 Å². The van der Waals surface area contributed by atoms with Gasteiger partial charge in [-0.15, -0.1) is 0 Å². The highest BCUT2D eigenvalue weighted by Crippen LogP contribution is 2.50. The van der Waals surface area contributed by atoms with E-state index >= 15 is 0 Å². The molecule has 7 nitrogen and oxygen atoms in total. The van der Waals surface area contributed by atoms with E-state index in [0.717, 1.165) is 27.2 Å². The molecule has 4 atom stereocenters. The Labute approximate surface area is 220 Å². The molecule has 37 heavy (non-hydrogen) atoms. The molecule has 5 rings (SSSR count). The van der Waals surface area contributed by atoms with Crippen LogP contribution in [0.15, 0.2) is 72.8 Å². The summed E-state index contributed by atoms with van der Waals surface area (Å²) in [4.78, 5) is 41.3. The first-order valence-electron chi connectivity index (χ1n) is 12.0. The lowest BCUT2D eigenvalue weighted by molar-refractivity contribution is -0.153. The highest BCUT2D eigenvalue weighted by Gasteiger charge is 2.68. The maximum Gasteiger partial charge on any atom is 0.327 e. The maximum absolute atomic E-state index is 13.4. The molecule has 0 bridgehead atoms. The number of halogens is 1. The van der Waals surface area contributed by atoms with Crippen LogP contribution in [0, 0.1) is 11.8 Å². The zero-order valence-corrected chi connectivity index (χ0v) is 21.5. The summed E-state index contributed by atoms with van der Waals surface area (Å²) in [6.45, 7) is 0. The van der Waals surface area contributed by atoms with Gasteiger partial charge in [-0.25, -0.2) is 0 Å². The Morgan fingerprint density at radius 3 is 2.43 bits per heavy atom. The molecule has 3 aromatic carbocycles. The van der Waals surface area contributed by atoms with Gasteiger partial charge in [0.25, 0.3) is 0 Å². The lowest BCUT2D eigenvalue weighted by Crippen LogP contribution is -2.57. The molecule has 2 heterocycles. The summed E-state index contributed by atoms with van der Waals surface area (Å²) in [7, 11) is 4.34. The van der Waals surface area contributed by atoms with Gasteiger partial charge in [0.15, 0.2) is 0 Å². The zero-order chi connectivity index (χ0) is 26.3. The fraction of sp³-hybridized carbons (Fsp3) is 0.276. The van der Waals surface area contributed by atoms with Crippen molar-refractivity contribution in [2.24, 2.45) is 11.8 Å². The molecule has 1 N–H and O–H groups in total. The zero-order valence-electron chi connectivity index (χ0n) is 20.7. The standard InChI is InChI=1S/C29H27ClN2O5/c1-32-26(33)23-24(27(32)34)29(28(35)37-3,16-17-8-5-4-6-9-17)31-25(23)19-12-13-21(22(15-19)36-2)18-10-7-11-20(30)14-18/h4-15,23-25,31H,16H2,1-3H3/t23?,24?,25?,29-/m1/s1. The van der Waals surface area contributed by atoms with E-state index < -0.39 is 35.3 Å². The first-order valence-corrected chi connectivity index (χ1v) is 12.3. The smallest absolute Gasteiger partial charge is 0.327 e. The first kappa shape index (κ1) is 25.0. The molecule has 2 saturated heterocycles. The van der Waals surface area contributed by atoms with E-state index in [-0.39, 0.29) is 12.3 Å². The summed E-state index contributed by atoms with van der Waals surface area (Å²) in [5, 5.41) is 4.01. The Hall–Kier alpha value is -3.68. The quantitative estimate of drug-likeness (QED) is 0.391. The predicted octanol–water partition coefficient (Wildman–Crippen LogP) is 4.05. The predicted molar refractivity (Wildman–Crippen MR) is 139 cm³/mol. The van der Waals surface area contributed by atoms with Crippen LogP contribution in [0.3, 0.4) is 0 Å². The number of rotatable bonds is 6. The fourth-order valence-electron chi connectivity index (χ4n) is 5.75. The third-order valence-corrected chi connectivity index (χ3v) is 7.71. The number of carbonyl (C=O) groups excluding carboxylic acids is 3. The minimum absolute atomic E-state index is 0.197. The maximum atomic E-state index is 13.4. The number of benzene rings is 3. The highest BCUT2D eigenvalue weighted by molar-refractivity contribution is 6.30. The summed E-state index contributed by atoms with van der Waals surface area (Å²) < 4.78 is 10.9. The van der Waals surface area contributed by atoms with Crippen molar-refractivity contribution in [3.8, 4) is 16.9 Å². The van der Waals surface area contributed by atoms with Crippen LogP contribution in [0.5, 0.6) is 5.75 Å². The lowest BCUT2D eigenvalue weighted by Gasteiger charge is -2.32. The van der Waals surface area contributed by atoms with Gasteiger partial charge in [-0.2, -0.15) is 0 Å². The van der Waals surface area contributed by atoms with Gasteiger partial charge in [0.1, 0.15) is 11.3 Å². The van der Waals surface area contributed by atoms with E-state index in [1.54, 1.807) is 13.2 Å². The molecule has 0 aliphatic carbocycles. The Bertz CT molecular complexity index is 1380. The van der Waals surface area contributed by atoms with Crippen molar-refractivity contribution in [2.45, 2.75) is 18.0 Å². The van der Waals surface area contributed by atoms with Gasteiger partial charge in [-0.3, -0.25) is 24.6 Å². The molecule has 3 aromatic rings. The number of likely N-dealkylation sites (tertiary alicyclic amines) is 1. The molecule has 0 radical (unpaired) electrons. The van der Waals surface area contributed by atoms with E-state index in [1.807, 2.05) is 66.7 Å². The topological polar surface area (TPSA) is 84.9 Å². The second kappa shape index (κ2) is 9.65. The van der Waals surface area contributed by atoms with E-state index in [1.165, 1.54) is 14.2 Å². The number of hydrogen-bond donors (Lipinski definition) is 1. The van der Waals surface area contributed by atoms with E-state index in [0.29, 0.717) is 10.8 Å². The Kier molecular flexibility index (Phi) is 6.52. The molecular weight excluding hydrogens is 492 g/mol. The minimum Gasteiger partial charge on any atom is -0.496 e. The average Bonchev–Trinajstić information content (AvgIpc) is 3.37. The molecule has 2 amide bonds. The Morgan fingerprint density at radius 1 is 1.00 bits per heavy atom. The van der Waals surface area contributed by atoms with Gasteiger partial charge in [-0.1, -0.05) is 66.2 Å². The number of imide groups is 1. The third kappa shape index (κ3) is 4.08. The minimum atomic E-state index is -1.41. The molecule has 2 fully saturated rings. The van der Waals surface area contributed by atoms with Crippen LogP contribution >= 0.6 is 11.6 Å². The van der Waals surface area contributed by atoms with Crippen LogP contribution in [-0.4, -0.2) is 49.5 Å². The molecule has 190 valence electrons. The van der Waals surface area contributed by atoms with Crippen LogP contribution in [0.1, 0.15) is 17.2 Å². The monoisotopic (exact) mass is 518 g/mol. The van der Waals surface area contributed by atoms with Crippen molar-refractivity contribution in [1.82, 2.24) is 10.2 Å². The number of amides is 2. The Morgan fingerprint density at radius 2 is 1.76 bits per heavy atom. The normalized spacial score (nSPS) is 24.8. The number of methoxy groups -OCH3 is 2. The molecule has 2 aliphatic heterocycles. The third-order valence-electron chi connectivity index (χ3n) is 7.47. The van der Waals surface area contributed by atoms with Crippen LogP contribution in [0.25, 0.3) is 11.1 Å². The number of carbonyl (C=O) groups is 3. The fourth-order valence-corrected chi connectivity index (χ4v) is 5.94. The van der Waals surface area contributed by atoms with Gasteiger partial charge < -0.3 is 9.47 Å². The van der Waals surface area contributed by atoms with Gasteiger partial charge in [0, 0.05) is 30.1 Å². The van der Waals surface area contributed by atoms with Crippen LogP contribution in [0.4, 0.5) is 0 Å². The number of nitrogens with zero attached hydrogens (tertiary/aromatic N) is 1. The molecule has 0 spiro atoms. The second-order valence-electron chi connectivity index (χ2n) is 9.46. The average molecular weight is 519 g/mol. The highest BCUT2D eigenvalue weighted by atomic mass is 35.5. The van der Waals surface area contributed by atoms with Crippen LogP contribution in [-0.2, 0) is 25.5 Å². The summed E-state index contributed by atoms with van der Waals surface area (Å²) in [5.41, 5.74) is 1.88. The number of esters is 1. The second-order valence-corrected chi connectivity index (χ2v) is 9.89. The van der Waals surface area contributed by atoms with E-state index in [4.69, 9.17) is 21.1 Å². The van der Waals surface area contributed by atoms with Gasteiger partial charge in [0.05, 0.1) is 26.1 Å². The molecule has 0 saturated carbocycles. The van der Waals surface area contributed by atoms with Crippen LogP contribution in [0.2, 0.25) is 5.02 Å². The molecule has 2 aliphatic rings.